The maximum Gasteiger partial charge on any atom is 0.130 e. The number of aryl methyl sites for hydroxylation is 1. The predicted octanol–water partition coefficient (Wildman–Crippen LogP) is 3.56. The molecule has 0 aliphatic rings. The molecule has 0 amide bonds. The van der Waals surface area contributed by atoms with Crippen LogP contribution in [0.1, 0.15) is 29.7 Å². The Morgan fingerprint density at radius 3 is 2.70 bits per heavy atom. The van der Waals surface area contributed by atoms with Crippen LogP contribution in [0.3, 0.4) is 0 Å². The number of nitrogens with zero attached hydrogens (tertiary/aromatic N) is 1. The zero-order chi connectivity index (χ0) is 14.5. The molecule has 2 nitrogen and oxygen atoms in total. The van der Waals surface area contributed by atoms with Gasteiger partial charge in [0.1, 0.15) is 11.6 Å². The number of pyridine rings is 1. The van der Waals surface area contributed by atoms with Crippen LogP contribution in [0.4, 0.5) is 8.78 Å². The molecule has 2 rings (SSSR count). The summed E-state index contributed by atoms with van der Waals surface area (Å²) in [6, 6.07) is 6.14. The molecule has 0 bridgehead atoms. The lowest BCUT2D eigenvalue weighted by Crippen LogP contribution is -2.24. The summed E-state index contributed by atoms with van der Waals surface area (Å²) in [5, 5.41) is 3.24. The first kappa shape index (κ1) is 14.6. The highest BCUT2D eigenvalue weighted by molar-refractivity contribution is 5.29. The zero-order valence-electron chi connectivity index (χ0n) is 11.7. The number of benzene rings is 1. The molecule has 1 aromatic heterocycles. The normalized spacial score (nSPS) is 12.4. The molecule has 1 aromatic carbocycles. The van der Waals surface area contributed by atoms with Crippen LogP contribution in [0.15, 0.2) is 36.7 Å². The minimum absolute atomic E-state index is 0.191. The van der Waals surface area contributed by atoms with Crippen LogP contribution in [0.5, 0.6) is 0 Å². The highest BCUT2D eigenvalue weighted by atomic mass is 19.1. The lowest BCUT2D eigenvalue weighted by Gasteiger charge is -2.19. The minimum Gasteiger partial charge on any atom is -0.310 e. The van der Waals surface area contributed by atoms with E-state index in [2.05, 4.69) is 10.3 Å². The summed E-state index contributed by atoms with van der Waals surface area (Å²) in [7, 11) is 0. The van der Waals surface area contributed by atoms with Gasteiger partial charge in [-0.1, -0.05) is 13.0 Å². The highest BCUT2D eigenvalue weighted by Gasteiger charge is 2.17. The number of nitrogens with one attached hydrogen (secondary N) is 1. The van der Waals surface area contributed by atoms with E-state index in [1.54, 1.807) is 25.4 Å². The molecule has 0 saturated heterocycles. The van der Waals surface area contributed by atoms with E-state index >= 15 is 0 Å². The Morgan fingerprint density at radius 2 is 2.05 bits per heavy atom. The number of hydrogen-bond donors (Lipinski definition) is 1. The van der Waals surface area contributed by atoms with Gasteiger partial charge in [0.05, 0.1) is 0 Å². The Kier molecular flexibility index (Phi) is 4.79. The maximum absolute atomic E-state index is 14.0. The summed E-state index contributed by atoms with van der Waals surface area (Å²) in [6.07, 6.45) is 4.08. The SMILES string of the molecule is CCNC(Cc1cccnc1)c1cc(C)c(F)cc1F. The third-order valence-corrected chi connectivity index (χ3v) is 3.27. The van der Waals surface area contributed by atoms with E-state index in [-0.39, 0.29) is 6.04 Å². The minimum atomic E-state index is -0.511. The predicted molar refractivity (Wildman–Crippen MR) is 75.5 cm³/mol. The van der Waals surface area contributed by atoms with Crippen molar-refractivity contribution in [3.05, 3.63) is 65.0 Å². The molecular formula is C16H18F2N2. The Bertz CT molecular complexity index is 570. The lowest BCUT2D eigenvalue weighted by atomic mass is 9.97. The largest absolute Gasteiger partial charge is 0.310 e. The second-order valence-electron chi connectivity index (χ2n) is 4.80. The van der Waals surface area contributed by atoms with Crippen molar-refractivity contribution >= 4 is 0 Å². The number of halogens is 2. The molecule has 0 saturated carbocycles. The molecule has 1 heterocycles. The van der Waals surface area contributed by atoms with E-state index in [9.17, 15) is 8.78 Å². The molecule has 106 valence electrons. The van der Waals surface area contributed by atoms with Gasteiger partial charge in [0, 0.05) is 30.1 Å². The number of hydrogen-bond acceptors (Lipinski definition) is 2. The smallest absolute Gasteiger partial charge is 0.130 e. The van der Waals surface area contributed by atoms with Gasteiger partial charge < -0.3 is 5.32 Å². The Labute approximate surface area is 117 Å². The van der Waals surface area contributed by atoms with Crippen LogP contribution >= 0.6 is 0 Å². The fraction of sp³-hybridized carbons (Fsp3) is 0.312. The average Bonchev–Trinajstić information content (AvgIpc) is 2.44. The molecular weight excluding hydrogens is 258 g/mol. The molecule has 0 spiro atoms. The Balaban J connectivity index is 2.31. The van der Waals surface area contributed by atoms with Crippen LogP contribution in [-0.4, -0.2) is 11.5 Å². The first-order valence-electron chi connectivity index (χ1n) is 6.69. The van der Waals surface area contributed by atoms with Gasteiger partial charge in [-0.25, -0.2) is 8.78 Å². The molecule has 20 heavy (non-hydrogen) atoms. The van der Waals surface area contributed by atoms with Crippen LogP contribution in [0.2, 0.25) is 0 Å². The van der Waals surface area contributed by atoms with Gasteiger partial charge in [-0.3, -0.25) is 4.98 Å². The summed E-state index contributed by atoms with van der Waals surface area (Å²) >= 11 is 0. The Morgan fingerprint density at radius 1 is 1.25 bits per heavy atom. The molecule has 0 aliphatic carbocycles. The lowest BCUT2D eigenvalue weighted by molar-refractivity contribution is 0.500. The quantitative estimate of drug-likeness (QED) is 0.903. The number of likely N-dealkylation sites (N-methyl/N-ethyl adjacent to an activating group) is 1. The van der Waals surface area contributed by atoms with Gasteiger partial charge in [-0.2, -0.15) is 0 Å². The molecule has 1 N–H and O–H groups in total. The van der Waals surface area contributed by atoms with Crippen LogP contribution in [-0.2, 0) is 6.42 Å². The van der Waals surface area contributed by atoms with Gasteiger partial charge in [-0.05, 0) is 43.1 Å². The summed E-state index contributed by atoms with van der Waals surface area (Å²) in [6.45, 7) is 4.32. The molecule has 0 aliphatic heterocycles. The van der Waals surface area contributed by atoms with Crippen molar-refractivity contribution < 1.29 is 8.78 Å². The van der Waals surface area contributed by atoms with Crippen molar-refractivity contribution in [3.8, 4) is 0 Å². The monoisotopic (exact) mass is 276 g/mol. The Hall–Kier alpha value is -1.81. The van der Waals surface area contributed by atoms with Gasteiger partial charge in [0.15, 0.2) is 0 Å². The first-order valence-corrected chi connectivity index (χ1v) is 6.69. The molecule has 1 unspecified atom stereocenters. The summed E-state index contributed by atoms with van der Waals surface area (Å²) in [5.74, 6) is -1.02. The fourth-order valence-electron chi connectivity index (χ4n) is 2.24. The molecule has 0 radical (unpaired) electrons. The van der Waals surface area contributed by atoms with E-state index in [0.29, 0.717) is 24.1 Å². The molecule has 2 aromatic rings. The van der Waals surface area contributed by atoms with Crippen LogP contribution < -0.4 is 5.32 Å². The van der Waals surface area contributed by atoms with E-state index in [1.807, 2.05) is 19.1 Å². The summed E-state index contributed by atoms with van der Waals surface area (Å²) in [5.41, 5.74) is 1.96. The second-order valence-corrected chi connectivity index (χ2v) is 4.80. The first-order chi connectivity index (χ1) is 9.61. The molecule has 1 atom stereocenters. The van der Waals surface area contributed by atoms with Crippen molar-refractivity contribution in [2.24, 2.45) is 0 Å². The van der Waals surface area contributed by atoms with E-state index in [1.165, 1.54) is 0 Å². The highest BCUT2D eigenvalue weighted by Crippen LogP contribution is 2.23. The summed E-state index contributed by atoms with van der Waals surface area (Å²) in [4.78, 5) is 4.06. The van der Waals surface area contributed by atoms with Gasteiger partial charge in [-0.15, -0.1) is 0 Å². The van der Waals surface area contributed by atoms with Gasteiger partial charge >= 0.3 is 0 Å². The number of rotatable bonds is 5. The van der Waals surface area contributed by atoms with E-state index in [4.69, 9.17) is 0 Å². The third-order valence-electron chi connectivity index (χ3n) is 3.27. The van der Waals surface area contributed by atoms with Crippen molar-refractivity contribution in [1.82, 2.24) is 10.3 Å². The maximum atomic E-state index is 14.0. The van der Waals surface area contributed by atoms with Crippen LogP contribution in [0, 0.1) is 18.6 Å². The van der Waals surface area contributed by atoms with Crippen molar-refractivity contribution in [2.75, 3.05) is 6.54 Å². The molecule has 0 fully saturated rings. The topological polar surface area (TPSA) is 24.9 Å². The van der Waals surface area contributed by atoms with Crippen molar-refractivity contribution in [2.45, 2.75) is 26.3 Å². The van der Waals surface area contributed by atoms with Gasteiger partial charge in [0.25, 0.3) is 0 Å². The standard InChI is InChI=1S/C16H18F2N2/c1-3-20-16(8-12-5-4-6-19-10-12)13-7-11(2)14(17)9-15(13)18/h4-7,9-10,16,20H,3,8H2,1-2H3. The zero-order valence-corrected chi connectivity index (χ0v) is 11.7. The van der Waals surface area contributed by atoms with Crippen molar-refractivity contribution in [3.63, 3.8) is 0 Å². The summed E-state index contributed by atoms with van der Waals surface area (Å²) < 4.78 is 27.4. The third kappa shape index (κ3) is 3.39. The van der Waals surface area contributed by atoms with Gasteiger partial charge in [0.2, 0.25) is 0 Å². The average molecular weight is 276 g/mol. The van der Waals surface area contributed by atoms with E-state index < -0.39 is 11.6 Å². The second kappa shape index (κ2) is 6.57. The van der Waals surface area contributed by atoms with Crippen molar-refractivity contribution in [1.29, 1.82) is 0 Å². The molecule has 4 heteroatoms. The number of aromatic nitrogens is 1. The fourth-order valence-corrected chi connectivity index (χ4v) is 2.24. The van der Waals surface area contributed by atoms with E-state index in [0.717, 1.165) is 11.6 Å². The van der Waals surface area contributed by atoms with Crippen LogP contribution in [0.25, 0.3) is 0 Å².